The molecule has 2 aliphatic rings. The number of rotatable bonds is 5. The summed E-state index contributed by atoms with van der Waals surface area (Å²) in [6, 6.07) is 22.1. The van der Waals surface area contributed by atoms with Crippen molar-refractivity contribution in [2.75, 3.05) is 35.3 Å². The highest BCUT2D eigenvalue weighted by Gasteiger charge is 2.35. The van der Waals surface area contributed by atoms with Gasteiger partial charge in [-0.25, -0.2) is 0 Å². The van der Waals surface area contributed by atoms with Crippen molar-refractivity contribution >= 4 is 34.8 Å². The lowest BCUT2D eigenvalue weighted by Gasteiger charge is -2.18. The zero-order valence-corrected chi connectivity index (χ0v) is 18.9. The summed E-state index contributed by atoms with van der Waals surface area (Å²) in [5, 5.41) is 2.88. The van der Waals surface area contributed by atoms with Gasteiger partial charge in [0.15, 0.2) is 0 Å². The molecule has 34 heavy (non-hydrogen) atoms. The number of ether oxygens (including phenoxy) is 1. The van der Waals surface area contributed by atoms with E-state index in [-0.39, 0.29) is 24.1 Å². The number of para-hydroxylation sites is 1. The van der Waals surface area contributed by atoms with Gasteiger partial charge in [0, 0.05) is 48.2 Å². The van der Waals surface area contributed by atoms with Crippen LogP contribution in [0.2, 0.25) is 0 Å². The van der Waals surface area contributed by atoms with E-state index in [0.717, 1.165) is 12.1 Å². The number of hydrogen-bond acceptors (Lipinski definition) is 4. The third-order valence-corrected chi connectivity index (χ3v) is 6.39. The Morgan fingerprint density at radius 1 is 1.00 bits per heavy atom. The third kappa shape index (κ3) is 4.12. The van der Waals surface area contributed by atoms with Crippen LogP contribution in [-0.4, -0.2) is 37.9 Å². The fraction of sp³-hybridized carbons (Fsp3) is 0.222. The molecule has 5 rings (SSSR count). The molecule has 0 bridgehead atoms. The summed E-state index contributed by atoms with van der Waals surface area (Å²) in [5.41, 5.74) is 4.00. The summed E-state index contributed by atoms with van der Waals surface area (Å²) >= 11 is 0. The Kier molecular flexibility index (Phi) is 5.76. The first-order valence-corrected chi connectivity index (χ1v) is 11.3. The first-order valence-electron chi connectivity index (χ1n) is 11.3. The van der Waals surface area contributed by atoms with Gasteiger partial charge < -0.3 is 19.9 Å². The number of anilines is 3. The van der Waals surface area contributed by atoms with E-state index in [2.05, 4.69) is 5.32 Å². The number of carbonyl (C=O) groups is 3. The second-order valence-electron chi connectivity index (χ2n) is 8.51. The Morgan fingerprint density at radius 3 is 2.59 bits per heavy atom. The van der Waals surface area contributed by atoms with Gasteiger partial charge in [0.25, 0.3) is 5.91 Å². The van der Waals surface area contributed by atoms with Gasteiger partial charge in [0.1, 0.15) is 5.75 Å². The van der Waals surface area contributed by atoms with E-state index in [1.54, 1.807) is 47.2 Å². The molecule has 3 amide bonds. The molecule has 0 aromatic heterocycles. The fourth-order valence-corrected chi connectivity index (χ4v) is 4.56. The van der Waals surface area contributed by atoms with Crippen LogP contribution in [0, 0.1) is 5.92 Å². The van der Waals surface area contributed by atoms with Gasteiger partial charge >= 0.3 is 0 Å². The van der Waals surface area contributed by atoms with Crippen molar-refractivity contribution in [3.8, 4) is 5.75 Å². The molecular weight excluding hydrogens is 430 g/mol. The molecular formula is C27H25N3O4. The lowest BCUT2D eigenvalue weighted by atomic mass is 10.1. The van der Waals surface area contributed by atoms with Gasteiger partial charge in [0.2, 0.25) is 11.8 Å². The number of carbonyl (C=O) groups excluding carboxylic acids is 3. The van der Waals surface area contributed by atoms with Gasteiger partial charge in [-0.05, 0) is 54.4 Å². The summed E-state index contributed by atoms with van der Waals surface area (Å²) in [6.07, 6.45) is 0.997. The quantitative estimate of drug-likeness (QED) is 0.633. The maximum Gasteiger partial charge on any atom is 0.258 e. The Balaban J connectivity index is 1.23. The van der Waals surface area contributed by atoms with E-state index in [4.69, 9.17) is 4.74 Å². The zero-order chi connectivity index (χ0) is 23.7. The van der Waals surface area contributed by atoms with Crippen LogP contribution in [0.3, 0.4) is 0 Å². The maximum absolute atomic E-state index is 13.0. The van der Waals surface area contributed by atoms with Crippen LogP contribution >= 0.6 is 0 Å². The van der Waals surface area contributed by atoms with E-state index < -0.39 is 5.92 Å². The normalized spacial score (nSPS) is 17.0. The highest BCUT2D eigenvalue weighted by molar-refractivity contribution is 6.08. The fourth-order valence-electron chi connectivity index (χ4n) is 4.56. The summed E-state index contributed by atoms with van der Waals surface area (Å²) < 4.78 is 5.23. The molecule has 3 aromatic rings. The van der Waals surface area contributed by atoms with Crippen LogP contribution < -0.4 is 19.9 Å². The minimum absolute atomic E-state index is 0.0573. The van der Waals surface area contributed by atoms with Crippen LogP contribution in [0.25, 0.3) is 0 Å². The molecule has 1 fully saturated rings. The van der Waals surface area contributed by atoms with Crippen molar-refractivity contribution in [1.82, 2.24) is 0 Å². The molecule has 2 heterocycles. The predicted molar refractivity (Wildman–Crippen MR) is 130 cm³/mol. The average molecular weight is 456 g/mol. The molecule has 0 spiro atoms. The van der Waals surface area contributed by atoms with Crippen LogP contribution in [0.5, 0.6) is 5.75 Å². The molecule has 2 aliphatic heterocycles. The number of methoxy groups -OCH3 is 1. The Morgan fingerprint density at radius 2 is 1.79 bits per heavy atom. The summed E-state index contributed by atoms with van der Waals surface area (Å²) in [5.74, 6) is -0.170. The number of benzene rings is 3. The summed E-state index contributed by atoms with van der Waals surface area (Å²) in [6.45, 7) is 0.971. The molecule has 3 aromatic carbocycles. The number of nitrogens with one attached hydrogen (secondary N) is 1. The first-order chi connectivity index (χ1) is 16.5. The third-order valence-electron chi connectivity index (χ3n) is 6.39. The van der Waals surface area contributed by atoms with Crippen molar-refractivity contribution in [2.24, 2.45) is 5.92 Å². The zero-order valence-electron chi connectivity index (χ0n) is 18.9. The summed E-state index contributed by atoms with van der Waals surface area (Å²) in [7, 11) is 1.57. The lowest BCUT2D eigenvalue weighted by molar-refractivity contribution is -0.122. The van der Waals surface area contributed by atoms with Crippen LogP contribution in [0.4, 0.5) is 17.1 Å². The van der Waals surface area contributed by atoms with E-state index >= 15 is 0 Å². The Hall–Kier alpha value is -4.13. The molecule has 1 atom stereocenters. The molecule has 7 nitrogen and oxygen atoms in total. The average Bonchev–Trinajstić information content (AvgIpc) is 3.48. The second kappa shape index (κ2) is 9.02. The van der Waals surface area contributed by atoms with E-state index in [1.807, 2.05) is 42.5 Å². The Labute approximate surface area is 197 Å². The van der Waals surface area contributed by atoms with Gasteiger partial charge in [-0.15, -0.1) is 0 Å². The smallest absolute Gasteiger partial charge is 0.258 e. The predicted octanol–water partition coefficient (Wildman–Crippen LogP) is 3.89. The highest BCUT2D eigenvalue weighted by atomic mass is 16.5. The molecule has 0 radical (unpaired) electrons. The number of amides is 3. The summed E-state index contributed by atoms with van der Waals surface area (Å²) in [4.78, 5) is 41.8. The van der Waals surface area contributed by atoms with E-state index in [9.17, 15) is 14.4 Å². The molecule has 0 aliphatic carbocycles. The van der Waals surface area contributed by atoms with Crippen LogP contribution in [-0.2, 0) is 16.0 Å². The minimum atomic E-state index is -0.457. The van der Waals surface area contributed by atoms with Crippen LogP contribution in [0.15, 0.2) is 72.8 Å². The van der Waals surface area contributed by atoms with Crippen molar-refractivity contribution in [2.45, 2.75) is 12.8 Å². The maximum atomic E-state index is 13.0. The molecule has 1 saturated heterocycles. The second-order valence-corrected chi connectivity index (χ2v) is 8.51. The van der Waals surface area contributed by atoms with E-state index in [0.29, 0.717) is 35.8 Å². The molecule has 172 valence electrons. The number of hydrogen-bond donors (Lipinski definition) is 1. The van der Waals surface area contributed by atoms with Gasteiger partial charge in [-0.3, -0.25) is 14.4 Å². The van der Waals surface area contributed by atoms with Crippen molar-refractivity contribution < 1.29 is 19.1 Å². The first kappa shape index (κ1) is 21.7. The minimum Gasteiger partial charge on any atom is -0.497 e. The van der Waals surface area contributed by atoms with Crippen molar-refractivity contribution in [1.29, 1.82) is 0 Å². The van der Waals surface area contributed by atoms with Gasteiger partial charge in [-0.1, -0.05) is 24.3 Å². The molecule has 0 saturated carbocycles. The van der Waals surface area contributed by atoms with Crippen LogP contribution in [0.1, 0.15) is 22.3 Å². The van der Waals surface area contributed by atoms with E-state index in [1.165, 1.54) is 5.56 Å². The van der Waals surface area contributed by atoms with Gasteiger partial charge in [0.05, 0.1) is 13.0 Å². The largest absolute Gasteiger partial charge is 0.497 e. The Bertz CT molecular complexity index is 1250. The molecule has 7 heteroatoms. The lowest BCUT2D eigenvalue weighted by Crippen LogP contribution is -2.29. The SMILES string of the molecule is COc1cccc(N2CC(C(=O)Nc3ccc(C(=O)N4CCc5ccccc54)cc3)CC2=O)c1. The monoisotopic (exact) mass is 455 g/mol. The van der Waals surface area contributed by atoms with Crippen molar-refractivity contribution in [3.05, 3.63) is 83.9 Å². The molecule has 1 N–H and O–H groups in total. The van der Waals surface area contributed by atoms with Gasteiger partial charge in [-0.2, -0.15) is 0 Å². The number of nitrogens with zero attached hydrogens (tertiary/aromatic N) is 2. The topological polar surface area (TPSA) is 79.0 Å². The molecule has 1 unspecified atom stereocenters. The number of fused-ring (bicyclic) bond motifs is 1. The highest BCUT2D eigenvalue weighted by Crippen LogP contribution is 2.30. The standard InChI is InChI=1S/C27H25N3O4/c1-34-23-7-4-6-22(16-23)30-17-20(15-25(30)31)26(32)28-21-11-9-19(10-12-21)27(33)29-14-13-18-5-2-3-8-24(18)29/h2-12,16,20H,13-15,17H2,1H3,(H,28,32). The van der Waals surface area contributed by atoms with Crippen molar-refractivity contribution in [3.63, 3.8) is 0 Å².